The zero-order valence-corrected chi connectivity index (χ0v) is 11.7. The molecule has 2 N–H and O–H groups in total. The largest absolute Gasteiger partial charge is 0.390 e. The summed E-state index contributed by atoms with van der Waals surface area (Å²) < 4.78 is 11.1. The van der Waals surface area contributed by atoms with Gasteiger partial charge in [-0.1, -0.05) is 13.8 Å². The maximum atomic E-state index is 11.1. The van der Waals surface area contributed by atoms with Crippen LogP contribution < -0.4 is 5.32 Å². The Morgan fingerprint density at radius 2 is 1.88 bits per heavy atom. The minimum absolute atomic E-state index is 0.139. The second-order valence-electron chi connectivity index (χ2n) is 4.11. The maximum absolute atomic E-state index is 11.1. The summed E-state index contributed by atoms with van der Waals surface area (Å²) in [5.74, 6) is 0. The number of hydrogen-bond donors (Lipinski definition) is 2. The predicted octanol–water partition coefficient (Wildman–Crippen LogP) is 0.0457. The van der Waals surface area contributed by atoms with Crippen LogP contribution in [0.1, 0.15) is 20.8 Å². The number of aliphatic hydroxyl groups is 1. The SMILES string of the molecule is CCN(CC)CC(O)CNCC(C)S(C)=O. The van der Waals surface area contributed by atoms with E-state index >= 15 is 0 Å². The number of likely N-dealkylation sites (N-methyl/N-ethyl adjacent to an activating group) is 1. The van der Waals surface area contributed by atoms with Crippen molar-refractivity contribution in [2.45, 2.75) is 32.1 Å². The summed E-state index contributed by atoms with van der Waals surface area (Å²) in [4.78, 5) is 2.19. The Bertz CT molecular complexity index is 198. The third-order valence-electron chi connectivity index (χ3n) is 2.74. The van der Waals surface area contributed by atoms with Crippen LogP contribution in [0.15, 0.2) is 0 Å². The van der Waals surface area contributed by atoms with Crippen LogP contribution in [-0.2, 0) is 10.8 Å². The van der Waals surface area contributed by atoms with Crippen molar-refractivity contribution in [1.29, 1.82) is 0 Å². The zero-order valence-electron chi connectivity index (χ0n) is 10.9. The first-order chi connectivity index (χ1) is 7.51. The van der Waals surface area contributed by atoms with Gasteiger partial charge in [0.1, 0.15) is 0 Å². The second-order valence-corrected chi connectivity index (χ2v) is 5.91. The van der Waals surface area contributed by atoms with Crippen molar-refractivity contribution in [3.63, 3.8) is 0 Å². The minimum atomic E-state index is -0.794. The third kappa shape index (κ3) is 7.33. The van der Waals surface area contributed by atoms with E-state index in [-0.39, 0.29) is 11.4 Å². The Morgan fingerprint density at radius 1 is 1.31 bits per heavy atom. The highest BCUT2D eigenvalue weighted by Crippen LogP contribution is 1.93. The fourth-order valence-electron chi connectivity index (χ4n) is 1.41. The number of nitrogens with one attached hydrogen (secondary N) is 1. The molecule has 98 valence electrons. The molecule has 0 bridgehead atoms. The molecule has 0 fully saturated rings. The van der Waals surface area contributed by atoms with Crippen LogP contribution in [0.5, 0.6) is 0 Å². The normalized spacial score (nSPS) is 17.4. The van der Waals surface area contributed by atoms with Gasteiger partial charge in [0.2, 0.25) is 0 Å². The molecule has 0 aromatic heterocycles. The van der Waals surface area contributed by atoms with E-state index in [2.05, 4.69) is 24.1 Å². The molecule has 0 saturated heterocycles. The van der Waals surface area contributed by atoms with Crippen LogP contribution in [0.2, 0.25) is 0 Å². The van der Waals surface area contributed by atoms with Gasteiger partial charge in [0.25, 0.3) is 0 Å². The fourth-order valence-corrected chi connectivity index (χ4v) is 1.77. The van der Waals surface area contributed by atoms with Gasteiger partial charge in [0.15, 0.2) is 0 Å². The first-order valence-electron chi connectivity index (χ1n) is 5.94. The van der Waals surface area contributed by atoms with Crippen molar-refractivity contribution >= 4 is 10.8 Å². The molecule has 3 atom stereocenters. The van der Waals surface area contributed by atoms with Crippen molar-refractivity contribution in [2.75, 3.05) is 39.0 Å². The molecule has 0 amide bonds. The van der Waals surface area contributed by atoms with Gasteiger partial charge in [-0.15, -0.1) is 0 Å². The first-order valence-corrected chi connectivity index (χ1v) is 7.56. The van der Waals surface area contributed by atoms with Crippen molar-refractivity contribution in [2.24, 2.45) is 0 Å². The van der Waals surface area contributed by atoms with Crippen LogP contribution in [0.25, 0.3) is 0 Å². The lowest BCUT2D eigenvalue weighted by Crippen LogP contribution is -2.40. The third-order valence-corrected chi connectivity index (χ3v) is 4.04. The van der Waals surface area contributed by atoms with Gasteiger partial charge >= 0.3 is 0 Å². The summed E-state index contributed by atoms with van der Waals surface area (Å²) in [7, 11) is -0.794. The lowest BCUT2D eigenvalue weighted by molar-refractivity contribution is 0.117. The van der Waals surface area contributed by atoms with E-state index in [1.54, 1.807) is 6.26 Å². The van der Waals surface area contributed by atoms with Crippen LogP contribution in [0.4, 0.5) is 0 Å². The first kappa shape index (κ1) is 16.0. The molecule has 4 nitrogen and oxygen atoms in total. The van der Waals surface area contributed by atoms with Crippen molar-refractivity contribution < 1.29 is 9.32 Å². The summed E-state index contributed by atoms with van der Waals surface area (Å²) in [5.41, 5.74) is 0. The second kappa shape index (κ2) is 9.10. The van der Waals surface area contributed by atoms with Gasteiger partial charge in [-0.05, 0) is 20.0 Å². The number of nitrogens with zero attached hydrogens (tertiary/aromatic N) is 1. The highest BCUT2D eigenvalue weighted by molar-refractivity contribution is 7.84. The molecule has 3 unspecified atom stereocenters. The number of hydrogen-bond acceptors (Lipinski definition) is 4. The molecule has 0 aliphatic heterocycles. The van der Waals surface area contributed by atoms with Crippen molar-refractivity contribution in [1.82, 2.24) is 10.2 Å². The minimum Gasteiger partial charge on any atom is -0.390 e. The molecule has 0 spiro atoms. The molecule has 0 aromatic rings. The summed E-state index contributed by atoms with van der Waals surface area (Å²) in [5, 5.41) is 13.0. The van der Waals surface area contributed by atoms with Crippen LogP contribution in [0, 0.1) is 0 Å². The smallest absolute Gasteiger partial charge is 0.0791 e. The molecule has 0 aromatic carbocycles. The Hall–Kier alpha value is 0.0300. The monoisotopic (exact) mass is 250 g/mol. The number of rotatable bonds is 9. The lowest BCUT2D eigenvalue weighted by atomic mass is 10.3. The number of aliphatic hydroxyl groups excluding tert-OH is 1. The maximum Gasteiger partial charge on any atom is 0.0791 e. The average molecular weight is 250 g/mol. The molecular formula is C11H26N2O2S. The Labute approximate surface area is 102 Å². The molecule has 0 rings (SSSR count). The highest BCUT2D eigenvalue weighted by atomic mass is 32.2. The molecule has 0 heterocycles. The van der Waals surface area contributed by atoms with Crippen molar-refractivity contribution in [3.05, 3.63) is 0 Å². The Balaban J connectivity index is 3.64. The molecule has 0 radical (unpaired) electrons. The molecular weight excluding hydrogens is 224 g/mol. The summed E-state index contributed by atoms with van der Waals surface area (Å²) in [6.45, 7) is 10.0. The van der Waals surface area contributed by atoms with Gasteiger partial charge in [0, 0.05) is 41.9 Å². The Morgan fingerprint density at radius 3 is 2.31 bits per heavy atom. The van der Waals surface area contributed by atoms with E-state index in [1.165, 1.54) is 0 Å². The molecule has 0 aliphatic carbocycles. The standard InChI is InChI=1S/C11H26N2O2S/c1-5-13(6-2)9-11(14)8-12-7-10(3)16(4)15/h10-12,14H,5-9H2,1-4H3. The predicted molar refractivity (Wildman–Crippen MR) is 70.2 cm³/mol. The fraction of sp³-hybridized carbons (Fsp3) is 1.00. The quantitative estimate of drug-likeness (QED) is 0.607. The zero-order chi connectivity index (χ0) is 12.6. The van der Waals surface area contributed by atoms with Crippen LogP contribution in [0.3, 0.4) is 0 Å². The molecule has 5 heteroatoms. The van der Waals surface area contributed by atoms with E-state index in [4.69, 9.17) is 0 Å². The average Bonchev–Trinajstić information content (AvgIpc) is 2.25. The van der Waals surface area contributed by atoms with Gasteiger partial charge in [0.05, 0.1) is 6.10 Å². The molecule has 16 heavy (non-hydrogen) atoms. The van der Waals surface area contributed by atoms with Crippen LogP contribution >= 0.6 is 0 Å². The van der Waals surface area contributed by atoms with Gasteiger partial charge in [-0.3, -0.25) is 4.21 Å². The topological polar surface area (TPSA) is 52.6 Å². The highest BCUT2D eigenvalue weighted by Gasteiger charge is 2.10. The molecule has 0 aliphatic rings. The van der Waals surface area contributed by atoms with E-state index in [0.29, 0.717) is 19.6 Å². The van der Waals surface area contributed by atoms with E-state index in [9.17, 15) is 9.32 Å². The van der Waals surface area contributed by atoms with E-state index in [1.807, 2.05) is 6.92 Å². The van der Waals surface area contributed by atoms with E-state index in [0.717, 1.165) is 13.1 Å². The summed E-state index contributed by atoms with van der Waals surface area (Å²) in [6.07, 6.45) is 1.36. The van der Waals surface area contributed by atoms with Crippen LogP contribution in [-0.4, -0.2) is 64.5 Å². The molecule has 0 saturated carbocycles. The van der Waals surface area contributed by atoms with E-state index < -0.39 is 10.8 Å². The van der Waals surface area contributed by atoms with Gasteiger partial charge < -0.3 is 15.3 Å². The van der Waals surface area contributed by atoms with Gasteiger partial charge in [-0.25, -0.2) is 0 Å². The summed E-state index contributed by atoms with van der Waals surface area (Å²) >= 11 is 0. The summed E-state index contributed by atoms with van der Waals surface area (Å²) in [6, 6.07) is 0. The van der Waals surface area contributed by atoms with Crippen molar-refractivity contribution in [3.8, 4) is 0 Å². The Kier molecular flexibility index (Phi) is 9.12. The lowest BCUT2D eigenvalue weighted by Gasteiger charge is -2.22. The van der Waals surface area contributed by atoms with Gasteiger partial charge in [-0.2, -0.15) is 0 Å².